The van der Waals surface area contributed by atoms with Gasteiger partial charge in [0, 0.05) is 22.5 Å². The van der Waals surface area contributed by atoms with Crippen LogP contribution in [0.4, 0.5) is 0 Å². The van der Waals surface area contributed by atoms with Crippen molar-refractivity contribution < 1.29 is 4.74 Å². The van der Waals surface area contributed by atoms with Crippen LogP contribution in [0.5, 0.6) is 5.75 Å². The van der Waals surface area contributed by atoms with Crippen molar-refractivity contribution in [1.82, 2.24) is 15.1 Å². The molecule has 0 bridgehead atoms. The number of unbranched alkanes of at least 4 members (excludes halogenated alkanes) is 3. The van der Waals surface area contributed by atoms with Gasteiger partial charge < -0.3 is 10.1 Å². The van der Waals surface area contributed by atoms with Crippen LogP contribution in [0.2, 0.25) is 0 Å². The topological polar surface area (TPSA) is 39.1 Å². The highest BCUT2D eigenvalue weighted by molar-refractivity contribution is 9.10. The predicted molar refractivity (Wildman–Crippen MR) is 112 cm³/mol. The Labute approximate surface area is 163 Å². The standard InChI is InChI=1S/C21H26BrN3O/c1-23-13-5-3-4-6-14-26-18-10-7-16(8-11-18)21-19-12-9-17(22)15-20(19)25(2)24-21/h7-12,15,23H,3-6,13-14H2,1-2H3. The van der Waals surface area contributed by atoms with Gasteiger partial charge in [0.05, 0.1) is 12.1 Å². The van der Waals surface area contributed by atoms with E-state index in [4.69, 9.17) is 9.84 Å². The van der Waals surface area contributed by atoms with Crippen LogP contribution in [0, 0.1) is 0 Å². The van der Waals surface area contributed by atoms with E-state index in [1.165, 1.54) is 19.3 Å². The summed E-state index contributed by atoms with van der Waals surface area (Å²) in [6.07, 6.45) is 4.81. The van der Waals surface area contributed by atoms with E-state index in [9.17, 15) is 0 Å². The first-order valence-electron chi connectivity index (χ1n) is 9.19. The van der Waals surface area contributed by atoms with Gasteiger partial charge in [0.2, 0.25) is 0 Å². The third-order valence-corrected chi connectivity index (χ3v) is 5.02. The van der Waals surface area contributed by atoms with Crippen LogP contribution in [0.15, 0.2) is 46.9 Å². The summed E-state index contributed by atoms with van der Waals surface area (Å²) in [5.74, 6) is 0.923. The highest BCUT2D eigenvalue weighted by atomic mass is 79.9. The lowest BCUT2D eigenvalue weighted by molar-refractivity contribution is 0.304. The summed E-state index contributed by atoms with van der Waals surface area (Å²) >= 11 is 3.53. The van der Waals surface area contributed by atoms with Crippen molar-refractivity contribution in [2.75, 3.05) is 20.2 Å². The highest BCUT2D eigenvalue weighted by Crippen LogP contribution is 2.30. The predicted octanol–water partition coefficient (Wildman–Crippen LogP) is 5.16. The van der Waals surface area contributed by atoms with Crippen molar-refractivity contribution in [3.05, 3.63) is 46.9 Å². The van der Waals surface area contributed by atoms with E-state index in [0.29, 0.717) is 0 Å². The van der Waals surface area contributed by atoms with E-state index >= 15 is 0 Å². The molecular weight excluding hydrogens is 390 g/mol. The first-order chi connectivity index (χ1) is 12.7. The van der Waals surface area contributed by atoms with Crippen LogP contribution in [-0.2, 0) is 7.05 Å². The molecule has 1 heterocycles. The Morgan fingerprint density at radius 2 is 1.81 bits per heavy atom. The number of nitrogens with one attached hydrogen (secondary N) is 1. The number of aromatic nitrogens is 2. The summed E-state index contributed by atoms with van der Waals surface area (Å²) in [6.45, 7) is 1.88. The van der Waals surface area contributed by atoms with Crippen molar-refractivity contribution in [2.24, 2.45) is 7.05 Å². The average Bonchev–Trinajstić information content (AvgIpc) is 2.98. The maximum Gasteiger partial charge on any atom is 0.119 e. The molecule has 0 fully saturated rings. The van der Waals surface area contributed by atoms with E-state index in [0.717, 1.165) is 52.0 Å². The Hall–Kier alpha value is -1.85. The number of benzene rings is 2. The fourth-order valence-corrected chi connectivity index (χ4v) is 3.45. The Morgan fingerprint density at radius 1 is 1.04 bits per heavy atom. The van der Waals surface area contributed by atoms with Gasteiger partial charge in [-0.2, -0.15) is 5.10 Å². The summed E-state index contributed by atoms with van der Waals surface area (Å²) in [6, 6.07) is 14.5. The average molecular weight is 416 g/mol. The van der Waals surface area contributed by atoms with Gasteiger partial charge >= 0.3 is 0 Å². The molecular formula is C21H26BrN3O. The second-order valence-corrected chi connectivity index (χ2v) is 7.44. The largest absolute Gasteiger partial charge is 0.494 e. The van der Waals surface area contributed by atoms with Crippen molar-refractivity contribution >= 4 is 26.8 Å². The molecule has 0 spiro atoms. The van der Waals surface area contributed by atoms with Gasteiger partial charge in [0.1, 0.15) is 11.4 Å². The maximum atomic E-state index is 5.86. The summed E-state index contributed by atoms with van der Waals surface area (Å²) in [7, 11) is 3.98. The summed E-state index contributed by atoms with van der Waals surface area (Å²) < 4.78 is 8.85. The molecule has 0 saturated heterocycles. The normalized spacial score (nSPS) is 11.2. The van der Waals surface area contributed by atoms with Gasteiger partial charge in [0.15, 0.2) is 0 Å². The second kappa shape index (κ2) is 9.19. The second-order valence-electron chi connectivity index (χ2n) is 6.52. The van der Waals surface area contributed by atoms with Crippen LogP contribution < -0.4 is 10.1 Å². The molecule has 138 valence electrons. The van der Waals surface area contributed by atoms with Crippen LogP contribution in [-0.4, -0.2) is 30.0 Å². The van der Waals surface area contributed by atoms with Gasteiger partial charge in [-0.3, -0.25) is 4.68 Å². The minimum Gasteiger partial charge on any atom is -0.494 e. The molecule has 0 aliphatic carbocycles. The van der Waals surface area contributed by atoms with Crippen LogP contribution in [0.1, 0.15) is 25.7 Å². The lowest BCUT2D eigenvalue weighted by atomic mass is 10.1. The first kappa shape index (κ1) is 18.9. The van der Waals surface area contributed by atoms with Crippen LogP contribution >= 0.6 is 15.9 Å². The van der Waals surface area contributed by atoms with Crippen molar-refractivity contribution in [1.29, 1.82) is 0 Å². The van der Waals surface area contributed by atoms with Gasteiger partial charge in [-0.15, -0.1) is 0 Å². The highest BCUT2D eigenvalue weighted by Gasteiger charge is 2.11. The Kier molecular flexibility index (Phi) is 6.69. The van der Waals surface area contributed by atoms with E-state index in [1.54, 1.807) is 0 Å². The molecule has 4 nitrogen and oxygen atoms in total. The quantitative estimate of drug-likeness (QED) is 0.490. The molecule has 0 atom stereocenters. The molecule has 1 N–H and O–H groups in total. The fraction of sp³-hybridized carbons (Fsp3) is 0.381. The number of fused-ring (bicyclic) bond motifs is 1. The smallest absolute Gasteiger partial charge is 0.119 e. The fourth-order valence-electron chi connectivity index (χ4n) is 3.10. The molecule has 0 saturated carbocycles. The SMILES string of the molecule is CNCCCCCCOc1ccc(-c2nn(C)c3cc(Br)ccc23)cc1. The third-order valence-electron chi connectivity index (χ3n) is 4.53. The van der Waals surface area contributed by atoms with Gasteiger partial charge in [-0.05, 0) is 68.9 Å². The molecule has 3 rings (SSSR count). The van der Waals surface area contributed by atoms with E-state index in [1.807, 2.05) is 30.9 Å². The monoisotopic (exact) mass is 415 g/mol. The summed E-state index contributed by atoms with van der Waals surface area (Å²) in [5.41, 5.74) is 3.23. The molecule has 0 unspecified atom stereocenters. The number of halogens is 1. The zero-order valence-corrected chi connectivity index (χ0v) is 17.1. The first-order valence-corrected chi connectivity index (χ1v) is 9.98. The number of aryl methyl sites for hydroxylation is 1. The van der Waals surface area contributed by atoms with Crippen molar-refractivity contribution in [3.8, 4) is 17.0 Å². The molecule has 2 aromatic carbocycles. The minimum absolute atomic E-state index is 0.777. The molecule has 0 amide bonds. The zero-order valence-electron chi connectivity index (χ0n) is 15.5. The molecule has 1 aromatic heterocycles. The minimum atomic E-state index is 0.777. The Morgan fingerprint density at radius 3 is 2.58 bits per heavy atom. The number of ether oxygens (including phenoxy) is 1. The van der Waals surface area contributed by atoms with E-state index < -0.39 is 0 Å². The van der Waals surface area contributed by atoms with Gasteiger partial charge in [-0.1, -0.05) is 28.8 Å². The number of hydrogen-bond acceptors (Lipinski definition) is 3. The lowest BCUT2D eigenvalue weighted by Crippen LogP contribution is -2.07. The van der Waals surface area contributed by atoms with Crippen LogP contribution in [0.3, 0.4) is 0 Å². The molecule has 5 heteroatoms. The zero-order chi connectivity index (χ0) is 18.4. The molecule has 0 aliphatic rings. The van der Waals surface area contributed by atoms with Gasteiger partial charge in [0.25, 0.3) is 0 Å². The third kappa shape index (κ3) is 4.65. The number of hydrogen-bond donors (Lipinski definition) is 1. The maximum absolute atomic E-state index is 5.86. The number of rotatable bonds is 9. The van der Waals surface area contributed by atoms with Crippen LogP contribution in [0.25, 0.3) is 22.2 Å². The van der Waals surface area contributed by atoms with Gasteiger partial charge in [-0.25, -0.2) is 0 Å². The molecule has 0 aliphatic heterocycles. The summed E-state index contributed by atoms with van der Waals surface area (Å²) in [4.78, 5) is 0. The van der Waals surface area contributed by atoms with E-state index in [2.05, 4.69) is 51.6 Å². The summed E-state index contributed by atoms with van der Waals surface area (Å²) in [5, 5.41) is 9.03. The Balaban J connectivity index is 1.60. The molecule has 3 aromatic rings. The molecule has 26 heavy (non-hydrogen) atoms. The van der Waals surface area contributed by atoms with Crippen molar-refractivity contribution in [3.63, 3.8) is 0 Å². The number of nitrogens with zero attached hydrogens (tertiary/aromatic N) is 2. The molecule has 0 radical (unpaired) electrons. The van der Waals surface area contributed by atoms with E-state index in [-0.39, 0.29) is 0 Å². The van der Waals surface area contributed by atoms with Crippen molar-refractivity contribution in [2.45, 2.75) is 25.7 Å². The Bertz CT molecular complexity index is 842. The lowest BCUT2D eigenvalue weighted by Gasteiger charge is -2.07.